The van der Waals surface area contributed by atoms with E-state index >= 15 is 0 Å². The number of aromatic nitrogens is 1. The molecule has 0 saturated carbocycles. The quantitative estimate of drug-likeness (QED) is 0.805. The molecule has 2 aliphatic heterocycles. The maximum Gasteiger partial charge on any atom is 0.280 e. The Hall–Kier alpha value is -3.02. The van der Waals surface area contributed by atoms with Crippen molar-refractivity contribution in [2.75, 3.05) is 18.0 Å². The molecule has 6 nitrogen and oxygen atoms in total. The van der Waals surface area contributed by atoms with E-state index in [2.05, 4.69) is 4.98 Å². The molecule has 2 aliphatic rings. The number of aryl methyl sites for hydroxylation is 1. The van der Waals surface area contributed by atoms with E-state index in [4.69, 9.17) is 0 Å². The minimum absolute atomic E-state index is 0.0725. The van der Waals surface area contributed by atoms with Gasteiger partial charge < -0.3 is 4.90 Å². The van der Waals surface area contributed by atoms with E-state index in [-0.39, 0.29) is 30.5 Å². The molecule has 0 radical (unpaired) electrons. The van der Waals surface area contributed by atoms with Crippen LogP contribution in [0.2, 0.25) is 0 Å². The van der Waals surface area contributed by atoms with Crippen LogP contribution >= 0.6 is 0 Å². The summed E-state index contributed by atoms with van der Waals surface area (Å²) in [4.78, 5) is 44.2. The van der Waals surface area contributed by atoms with Crippen molar-refractivity contribution in [1.82, 2.24) is 9.88 Å². The van der Waals surface area contributed by atoms with Crippen molar-refractivity contribution < 1.29 is 14.4 Å². The van der Waals surface area contributed by atoms with Gasteiger partial charge in [0.15, 0.2) is 0 Å². The zero-order chi connectivity index (χ0) is 17.4. The molecule has 25 heavy (non-hydrogen) atoms. The molecule has 0 saturated heterocycles. The van der Waals surface area contributed by atoms with Crippen LogP contribution in [0.15, 0.2) is 42.6 Å². The van der Waals surface area contributed by atoms with E-state index in [9.17, 15) is 14.4 Å². The van der Waals surface area contributed by atoms with E-state index < -0.39 is 5.91 Å². The first kappa shape index (κ1) is 15.5. The van der Waals surface area contributed by atoms with E-state index in [0.717, 1.165) is 29.0 Å². The normalized spacial score (nSPS) is 16.0. The number of benzene rings is 1. The predicted molar refractivity (Wildman–Crippen MR) is 91.3 cm³/mol. The van der Waals surface area contributed by atoms with Gasteiger partial charge in [-0.3, -0.25) is 24.3 Å². The monoisotopic (exact) mass is 335 g/mol. The standard InChI is InChI=1S/C19H17N3O3/c23-16(21-11-4-6-13-5-1-2-8-15(13)21)9-12-22-18(24)14-7-3-10-20-17(14)19(22)25/h1-3,5,7-8,10H,4,6,9,11-12H2. The van der Waals surface area contributed by atoms with Crippen LogP contribution in [0.5, 0.6) is 0 Å². The molecule has 4 rings (SSSR count). The Labute approximate surface area is 145 Å². The van der Waals surface area contributed by atoms with Gasteiger partial charge in [-0.2, -0.15) is 0 Å². The molecule has 126 valence electrons. The van der Waals surface area contributed by atoms with Crippen LogP contribution in [0, 0.1) is 0 Å². The van der Waals surface area contributed by atoms with Crippen LogP contribution in [-0.2, 0) is 11.2 Å². The molecule has 2 aromatic rings. The van der Waals surface area contributed by atoms with E-state index in [1.54, 1.807) is 17.0 Å². The lowest BCUT2D eigenvalue weighted by Gasteiger charge is -2.30. The van der Waals surface area contributed by atoms with Gasteiger partial charge in [0.05, 0.1) is 5.56 Å². The minimum Gasteiger partial charge on any atom is -0.312 e. The van der Waals surface area contributed by atoms with E-state index in [0.29, 0.717) is 12.1 Å². The number of hydrogen-bond acceptors (Lipinski definition) is 4. The van der Waals surface area contributed by atoms with Crippen molar-refractivity contribution >= 4 is 23.4 Å². The maximum absolute atomic E-state index is 12.7. The molecule has 0 spiro atoms. The summed E-state index contributed by atoms with van der Waals surface area (Å²) >= 11 is 0. The summed E-state index contributed by atoms with van der Waals surface area (Å²) in [6.07, 6.45) is 3.48. The van der Waals surface area contributed by atoms with Gasteiger partial charge in [-0.05, 0) is 36.6 Å². The van der Waals surface area contributed by atoms with Crippen LogP contribution in [0.3, 0.4) is 0 Å². The molecule has 1 aromatic heterocycles. The number of rotatable bonds is 3. The van der Waals surface area contributed by atoms with Crippen molar-refractivity contribution in [3.63, 3.8) is 0 Å². The summed E-state index contributed by atoms with van der Waals surface area (Å²) in [5.41, 5.74) is 2.57. The fraction of sp³-hybridized carbons (Fsp3) is 0.263. The summed E-state index contributed by atoms with van der Waals surface area (Å²) < 4.78 is 0. The third-order valence-corrected chi connectivity index (χ3v) is 4.69. The second-order valence-electron chi connectivity index (χ2n) is 6.19. The minimum atomic E-state index is -0.424. The Morgan fingerprint density at radius 1 is 1.08 bits per heavy atom. The van der Waals surface area contributed by atoms with Gasteiger partial charge in [0.25, 0.3) is 11.8 Å². The number of hydrogen-bond donors (Lipinski definition) is 0. The number of carbonyl (C=O) groups excluding carboxylic acids is 3. The second-order valence-corrected chi connectivity index (χ2v) is 6.19. The molecule has 1 aromatic carbocycles. The molecule has 0 fully saturated rings. The fourth-order valence-corrected chi connectivity index (χ4v) is 3.45. The lowest BCUT2D eigenvalue weighted by atomic mass is 10.0. The molecule has 0 aliphatic carbocycles. The fourth-order valence-electron chi connectivity index (χ4n) is 3.45. The number of imide groups is 1. The number of nitrogens with zero attached hydrogens (tertiary/aromatic N) is 3. The zero-order valence-corrected chi connectivity index (χ0v) is 13.6. The lowest BCUT2D eigenvalue weighted by Crippen LogP contribution is -2.39. The average molecular weight is 335 g/mol. The summed E-state index contributed by atoms with van der Waals surface area (Å²) in [7, 11) is 0. The third-order valence-electron chi connectivity index (χ3n) is 4.69. The van der Waals surface area contributed by atoms with E-state index in [1.807, 2.05) is 24.3 Å². The molecular formula is C19H17N3O3. The van der Waals surface area contributed by atoms with Crippen LogP contribution in [0.4, 0.5) is 5.69 Å². The predicted octanol–water partition coefficient (Wildman–Crippen LogP) is 2.05. The topological polar surface area (TPSA) is 70.6 Å². The van der Waals surface area contributed by atoms with Gasteiger partial charge in [0, 0.05) is 31.4 Å². The highest BCUT2D eigenvalue weighted by Crippen LogP contribution is 2.27. The summed E-state index contributed by atoms with van der Waals surface area (Å²) in [6, 6.07) is 11.1. The Morgan fingerprint density at radius 2 is 1.92 bits per heavy atom. The number of fused-ring (bicyclic) bond motifs is 2. The zero-order valence-electron chi connectivity index (χ0n) is 13.6. The first-order valence-corrected chi connectivity index (χ1v) is 8.36. The lowest BCUT2D eigenvalue weighted by molar-refractivity contribution is -0.118. The number of pyridine rings is 1. The first-order chi connectivity index (χ1) is 12.2. The van der Waals surface area contributed by atoms with Crippen molar-refractivity contribution in [1.29, 1.82) is 0 Å². The third kappa shape index (κ3) is 2.59. The molecule has 0 unspecified atom stereocenters. The highest BCUT2D eigenvalue weighted by atomic mass is 16.2. The Morgan fingerprint density at radius 3 is 2.76 bits per heavy atom. The number of amides is 3. The Kier molecular flexibility index (Phi) is 3.80. The Bertz CT molecular complexity index is 843. The molecule has 6 heteroatoms. The van der Waals surface area contributed by atoms with Crippen LogP contribution in [-0.4, -0.2) is 40.7 Å². The summed E-state index contributed by atoms with van der Waals surface area (Å²) in [5, 5.41) is 0. The van der Waals surface area contributed by atoms with Crippen molar-refractivity contribution in [3.8, 4) is 0 Å². The molecule has 3 amide bonds. The van der Waals surface area contributed by atoms with Gasteiger partial charge in [-0.15, -0.1) is 0 Å². The first-order valence-electron chi connectivity index (χ1n) is 8.36. The maximum atomic E-state index is 12.7. The average Bonchev–Trinajstić information content (AvgIpc) is 2.90. The molecule has 0 atom stereocenters. The van der Waals surface area contributed by atoms with Gasteiger partial charge in [0.1, 0.15) is 5.69 Å². The van der Waals surface area contributed by atoms with Crippen LogP contribution in [0.25, 0.3) is 0 Å². The number of anilines is 1. The van der Waals surface area contributed by atoms with Gasteiger partial charge >= 0.3 is 0 Å². The van der Waals surface area contributed by atoms with Crippen molar-refractivity contribution in [3.05, 3.63) is 59.4 Å². The van der Waals surface area contributed by atoms with Crippen molar-refractivity contribution in [2.24, 2.45) is 0 Å². The largest absolute Gasteiger partial charge is 0.312 e. The van der Waals surface area contributed by atoms with Gasteiger partial charge in [-0.1, -0.05) is 18.2 Å². The summed E-state index contributed by atoms with van der Waals surface area (Å²) in [5.74, 6) is -0.871. The van der Waals surface area contributed by atoms with Crippen molar-refractivity contribution in [2.45, 2.75) is 19.3 Å². The van der Waals surface area contributed by atoms with Crippen LogP contribution in [0.1, 0.15) is 39.3 Å². The number of carbonyl (C=O) groups is 3. The smallest absolute Gasteiger partial charge is 0.280 e. The van der Waals surface area contributed by atoms with E-state index in [1.165, 1.54) is 6.20 Å². The van der Waals surface area contributed by atoms with Gasteiger partial charge in [0.2, 0.25) is 5.91 Å². The highest BCUT2D eigenvalue weighted by Gasteiger charge is 2.37. The molecular weight excluding hydrogens is 318 g/mol. The highest BCUT2D eigenvalue weighted by molar-refractivity contribution is 6.20. The SMILES string of the molecule is O=C1c2cccnc2C(=O)N1CCC(=O)N1CCCc2ccccc21. The summed E-state index contributed by atoms with van der Waals surface area (Å²) in [6.45, 7) is 0.741. The van der Waals surface area contributed by atoms with Gasteiger partial charge in [-0.25, -0.2) is 0 Å². The Balaban J connectivity index is 1.47. The second kappa shape index (κ2) is 6.12. The van der Waals surface area contributed by atoms with Crippen LogP contribution < -0.4 is 4.90 Å². The molecule has 3 heterocycles. The molecule has 0 bridgehead atoms. The number of para-hydroxylation sites is 1. The molecule has 0 N–H and O–H groups in total.